The van der Waals surface area contributed by atoms with Gasteiger partial charge in [0.15, 0.2) is 0 Å². The van der Waals surface area contributed by atoms with E-state index in [0.717, 1.165) is 25.7 Å². The lowest BCUT2D eigenvalue weighted by molar-refractivity contribution is -0.142. The van der Waals surface area contributed by atoms with Crippen molar-refractivity contribution in [1.82, 2.24) is 5.32 Å². The first-order chi connectivity index (χ1) is 8.53. The second-order valence-corrected chi connectivity index (χ2v) is 5.31. The van der Waals surface area contributed by atoms with Gasteiger partial charge < -0.3 is 16.2 Å². The van der Waals surface area contributed by atoms with Gasteiger partial charge in [-0.2, -0.15) is 0 Å². The summed E-state index contributed by atoms with van der Waals surface area (Å²) in [6.45, 7) is 2.25. The van der Waals surface area contributed by atoms with Crippen LogP contribution < -0.4 is 11.1 Å². The van der Waals surface area contributed by atoms with Gasteiger partial charge in [0.25, 0.3) is 0 Å². The fourth-order valence-corrected chi connectivity index (χ4v) is 2.68. The van der Waals surface area contributed by atoms with Crippen molar-refractivity contribution in [1.29, 1.82) is 0 Å². The maximum absolute atomic E-state index is 11.9. The summed E-state index contributed by atoms with van der Waals surface area (Å²) in [6.07, 6.45) is 6.13. The van der Waals surface area contributed by atoms with Gasteiger partial charge in [0.2, 0.25) is 5.91 Å². The third kappa shape index (κ3) is 3.98. The number of nitrogens with one attached hydrogen (secondary N) is 1. The normalized spacial score (nSPS) is 20.1. The molecule has 1 atom stereocenters. The molecule has 0 bridgehead atoms. The van der Waals surface area contributed by atoms with Crippen molar-refractivity contribution in [3.8, 4) is 0 Å². The van der Waals surface area contributed by atoms with Crippen molar-refractivity contribution in [3.05, 3.63) is 0 Å². The van der Waals surface area contributed by atoms with Crippen LogP contribution in [0.2, 0.25) is 0 Å². The molecule has 0 aliphatic heterocycles. The molecule has 18 heavy (non-hydrogen) atoms. The molecular formula is C13H24N2O3. The summed E-state index contributed by atoms with van der Waals surface area (Å²) in [5.41, 5.74) is 5.70. The molecule has 0 saturated heterocycles. The molecule has 1 aliphatic rings. The van der Waals surface area contributed by atoms with E-state index in [1.54, 1.807) is 6.92 Å². The zero-order valence-corrected chi connectivity index (χ0v) is 11.1. The highest BCUT2D eigenvalue weighted by atomic mass is 16.4. The Morgan fingerprint density at radius 2 is 1.94 bits per heavy atom. The van der Waals surface area contributed by atoms with Crippen LogP contribution in [-0.4, -0.2) is 29.6 Å². The van der Waals surface area contributed by atoms with E-state index in [-0.39, 0.29) is 11.3 Å². The largest absolute Gasteiger partial charge is 0.480 e. The SMILES string of the molecule is CC[C@@H](NC(=O)CC1(CN)CCCCC1)C(=O)O. The first kappa shape index (κ1) is 15.0. The van der Waals surface area contributed by atoms with E-state index in [2.05, 4.69) is 5.32 Å². The number of hydrogen-bond donors (Lipinski definition) is 3. The maximum Gasteiger partial charge on any atom is 0.326 e. The van der Waals surface area contributed by atoms with Crippen LogP contribution >= 0.6 is 0 Å². The molecule has 1 fully saturated rings. The lowest BCUT2D eigenvalue weighted by atomic mass is 9.71. The number of carbonyl (C=O) groups is 2. The average molecular weight is 256 g/mol. The Hall–Kier alpha value is -1.10. The third-order valence-electron chi connectivity index (χ3n) is 3.92. The summed E-state index contributed by atoms with van der Waals surface area (Å²) in [5, 5.41) is 11.5. The van der Waals surface area contributed by atoms with Crippen LogP contribution in [-0.2, 0) is 9.59 Å². The molecule has 0 radical (unpaired) electrons. The van der Waals surface area contributed by atoms with Crippen molar-refractivity contribution < 1.29 is 14.7 Å². The quantitative estimate of drug-likeness (QED) is 0.667. The molecule has 1 amide bonds. The molecule has 0 unspecified atom stereocenters. The number of hydrogen-bond acceptors (Lipinski definition) is 3. The summed E-state index contributed by atoms with van der Waals surface area (Å²) in [4.78, 5) is 22.8. The average Bonchev–Trinajstić information content (AvgIpc) is 2.36. The Morgan fingerprint density at radius 3 is 2.39 bits per heavy atom. The number of carboxylic acid groups (broad SMARTS) is 1. The van der Waals surface area contributed by atoms with Crippen LogP contribution in [0.15, 0.2) is 0 Å². The van der Waals surface area contributed by atoms with Crippen molar-refractivity contribution in [2.45, 2.75) is 57.9 Å². The molecule has 0 aromatic heterocycles. The number of aliphatic carboxylic acids is 1. The molecule has 1 saturated carbocycles. The monoisotopic (exact) mass is 256 g/mol. The highest BCUT2D eigenvalue weighted by Gasteiger charge is 2.33. The molecule has 5 nitrogen and oxygen atoms in total. The maximum atomic E-state index is 11.9. The smallest absolute Gasteiger partial charge is 0.326 e. The minimum Gasteiger partial charge on any atom is -0.480 e. The fraction of sp³-hybridized carbons (Fsp3) is 0.846. The lowest BCUT2D eigenvalue weighted by Crippen LogP contribution is -2.44. The van der Waals surface area contributed by atoms with Crippen LogP contribution in [0, 0.1) is 5.41 Å². The van der Waals surface area contributed by atoms with Gasteiger partial charge in [0.1, 0.15) is 6.04 Å². The first-order valence-electron chi connectivity index (χ1n) is 6.75. The minimum absolute atomic E-state index is 0.112. The zero-order chi connectivity index (χ0) is 13.6. The number of amides is 1. The van der Waals surface area contributed by atoms with Gasteiger partial charge in [0, 0.05) is 6.42 Å². The van der Waals surface area contributed by atoms with Crippen molar-refractivity contribution in [3.63, 3.8) is 0 Å². The third-order valence-corrected chi connectivity index (χ3v) is 3.92. The molecule has 1 aliphatic carbocycles. The van der Waals surface area contributed by atoms with Crippen LogP contribution in [0.25, 0.3) is 0 Å². The Balaban J connectivity index is 2.54. The van der Waals surface area contributed by atoms with Gasteiger partial charge in [-0.15, -0.1) is 0 Å². The Bertz CT molecular complexity index is 299. The molecule has 0 aromatic carbocycles. The van der Waals surface area contributed by atoms with Crippen LogP contribution in [0.4, 0.5) is 0 Å². The number of carboxylic acids is 1. The minimum atomic E-state index is -0.976. The number of nitrogens with two attached hydrogens (primary N) is 1. The van der Waals surface area contributed by atoms with E-state index in [1.165, 1.54) is 6.42 Å². The Kier molecular flexibility index (Phi) is 5.59. The van der Waals surface area contributed by atoms with Gasteiger partial charge in [-0.1, -0.05) is 26.2 Å². The van der Waals surface area contributed by atoms with E-state index in [9.17, 15) is 9.59 Å². The lowest BCUT2D eigenvalue weighted by Gasteiger charge is -2.35. The summed E-state index contributed by atoms with van der Waals surface area (Å²) in [7, 11) is 0. The number of carbonyl (C=O) groups excluding carboxylic acids is 1. The Morgan fingerprint density at radius 1 is 1.33 bits per heavy atom. The van der Waals surface area contributed by atoms with Gasteiger partial charge in [-0.25, -0.2) is 4.79 Å². The Labute approximate surface area is 108 Å². The van der Waals surface area contributed by atoms with Crippen molar-refractivity contribution in [2.75, 3.05) is 6.54 Å². The molecule has 104 valence electrons. The van der Waals surface area contributed by atoms with Gasteiger partial charge in [0.05, 0.1) is 0 Å². The number of rotatable bonds is 6. The summed E-state index contributed by atoms with van der Waals surface area (Å²) < 4.78 is 0. The topological polar surface area (TPSA) is 92.4 Å². The standard InChI is InChI=1S/C13H24N2O3/c1-2-10(12(17)18)15-11(16)8-13(9-14)6-4-3-5-7-13/h10H,2-9,14H2,1H3,(H,15,16)(H,17,18)/t10-/m1/s1. The molecule has 4 N–H and O–H groups in total. The highest BCUT2D eigenvalue weighted by Crippen LogP contribution is 2.38. The molecule has 5 heteroatoms. The molecule has 0 heterocycles. The summed E-state index contributed by atoms with van der Waals surface area (Å²) >= 11 is 0. The zero-order valence-electron chi connectivity index (χ0n) is 11.1. The van der Waals surface area contributed by atoms with Crippen LogP contribution in [0.3, 0.4) is 0 Å². The van der Waals surface area contributed by atoms with Gasteiger partial charge >= 0.3 is 5.97 Å². The van der Waals surface area contributed by atoms with Gasteiger partial charge in [-0.3, -0.25) is 4.79 Å². The van der Waals surface area contributed by atoms with E-state index >= 15 is 0 Å². The first-order valence-corrected chi connectivity index (χ1v) is 6.75. The second kappa shape index (κ2) is 6.73. The van der Waals surface area contributed by atoms with E-state index in [1.807, 2.05) is 0 Å². The van der Waals surface area contributed by atoms with Crippen LogP contribution in [0.5, 0.6) is 0 Å². The predicted molar refractivity (Wildman–Crippen MR) is 69.0 cm³/mol. The van der Waals surface area contributed by atoms with Crippen molar-refractivity contribution in [2.24, 2.45) is 11.1 Å². The van der Waals surface area contributed by atoms with E-state index in [0.29, 0.717) is 19.4 Å². The highest BCUT2D eigenvalue weighted by molar-refractivity contribution is 5.83. The van der Waals surface area contributed by atoms with Gasteiger partial charge in [-0.05, 0) is 31.2 Å². The van der Waals surface area contributed by atoms with E-state index in [4.69, 9.17) is 10.8 Å². The van der Waals surface area contributed by atoms with Crippen molar-refractivity contribution >= 4 is 11.9 Å². The second-order valence-electron chi connectivity index (χ2n) is 5.31. The predicted octanol–water partition coefficient (Wildman–Crippen LogP) is 1.27. The molecule has 1 rings (SSSR count). The van der Waals surface area contributed by atoms with Crippen LogP contribution in [0.1, 0.15) is 51.9 Å². The summed E-state index contributed by atoms with van der Waals surface area (Å²) in [6, 6.07) is -0.782. The summed E-state index contributed by atoms with van der Waals surface area (Å²) in [5.74, 6) is -1.16. The molecule has 0 spiro atoms. The molecular weight excluding hydrogens is 232 g/mol. The fourth-order valence-electron chi connectivity index (χ4n) is 2.68. The van der Waals surface area contributed by atoms with E-state index < -0.39 is 12.0 Å². The molecule has 0 aromatic rings.